The fourth-order valence-electron chi connectivity index (χ4n) is 4.35. The van der Waals surface area contributed by atoms with Crippen molar-refractivity contribution in [2.75, 3.05) is 0 Å². The van der Waals surface area contributed by atoms with Gasteiger partial charge >= 0.3 is 5.97 Å². The average molecular weight is 492 g/mol. The second kappa shape index (κ2) is 9.57. The van der Waals surface area contributed by atoms with Crippen LogP contribution in [0.15, 0.2) is 66.7 Å². The molecule has 3 aromatic carbocycles. The molecule has 0 N–H and O–H groups in total. The summed E-state index contributed by atoms with van der Waals surface area (Å²) in [6.07, 6.45) is 4.42. The summed E-state index contributed by atoms with van der Waals surface area (Å²) in [6, 6.07) is 19.1. The van der Waals surface area contributed by atoms with Crippen molar-refractivity contribution in [1.29, 1.82) is 0 Å². The average Bonchev–Trinajstić information content (AvgIpc) is 2.84. The number of fused-ring (bicyclic) bond motifs is 2. The predicted molar refractivity (Wildman–Crippen MR) is 135 cm³/mol. The molecule has 0 bridgehead atoms. The van der Waals surface area contributed by atoms with Crippen molar-refractivity contribution in [2.24, 2.45) is 0 Å². The fraction of sp³-hybridized carbons (Fsp3) is 0.143. The van der Waals surface area contributed by atoms with E-state index in [1.54, 1.807) is 30.3 Å². The van der Waals surface area contributed by atoms with Crippen LogP contribution in [0, 0.1) is 5.82 Å². The molecule has 1 aliphatic rings. The van der Waals surface area contributed by atoms with Gasteiger partial charge in [-0.25, -0.2) is 14.2 Å². The number of esters is 1. The molecule has 5 rings (SSSR count). The fourth-order valence-corrected chi connectivity index (χ4v) is 4.86. The molecule has 1 aliphatic carbocycles. The molecular formula is C28H20Cl2FNO2. The van der Waals surface area contributed by atoms with E-state index in [2.05, 4.69) is 0 Å². The predicted octanol–water partition coefficient (Wildman–Crippen LogP) is 7.91. The first-order chi connectivity index (χ1) is 16.5. The van der Waals surface area contributed by atoms with Gasteiger partial charge in [0.25, 0.3) is 0 Å². The molecule has 4 aromatic rings. The van der Waals surface area contributed by atoms with E-state index in [9.17, 15) is 9.18 Å². The minimum Gasteiger partial charge on any atom is -0.457 e. The summed E-state index contributed by atoms with van der Waals surface area (Å²) in [5, 5.41) is 1.65. The summed E-state index contributed by atoms with van der Waals surface area (Å²) in [6.45, 7) is -0.0267. The van der Waals surface area contributed by atoms with Crippen LogP contribution in [0.3, 0.4) is 0 Å². The number of para-hydroxylation sites is 1. The van der Waals surface area contributed by atoms with E-state index < -0.39 is 5.97 Å². The lowest BCUT2D eigenvalue weighted by atomic mass is 9.86. The Kier molecular flexibility index (Phi) is 6.36. The molecule has 0 saturated carbocycles. The van der Waals surface area contributed by atoms with Crippen LogP contribution in [-0.2, 0) is 17.8 Å². The van der Waals surface area contributed by atoms with E-state index in [4.69, 9.17) is 32.9 Å². The molecular weight excluding hydrogens is 472 g/mol. The van der Waals surface area contributed by atoms with Crippen molar-refractivity contribution < 1.29 is 13.9 Å². The minimum absolute atomic E-state index is 0.0267. The third-order valence-corrected chi connectivity index (χ3v) is 6.70. The van der Waals surface area contributed by atoms with E-state index >= 15 is 0 Å². The standard InChI is InChI=1S/C28H20Cl2FNO2/c29-23-8-4-9-24(30)22(23)16-34-28(33)26-20-6-1-2-10-25(20)32-27-18(5-3-7-21(26)27)15-17-11-13-19(31)14-12-17/h1-2,4,6,8-15H,3,5,7,16H2. The smallest absolute Gasteiger partial charge is 0.339 e. The van der Waals surface area contributed by atoms with Crippen molar-refractivity contribution in [2.45, 2.75) is 25.9 Å². The van der Waals surface area contributed by atoms with Crippen LogP contribution in [0.2, 0.25) is 10.0 Å². The van der Waals surface area contributed by atoms with Crippen LogP contribution in [0.4, 0.5) is 4.39 Å². The number of aromatic nitrogens is 1. The second-order valence-electron chi connectivity index (χ2n) is 8.18. The number of hydrogen-bond donors (Lipinski definition) is 0. The van der Waals surface area contributed by atoms with Gasteiger partial charge in [-0.1, -0.05) is 59.6 Å². The lowest BCUT2D eigenvalue weighted by Crippen LogP contribution is -2.15. The lowest BCUT2D eigenvalue weighted by Gasteiger charge is -2.22. The Bertz CT molecular complexity index is 1410. The Hall–Kier alpha value is -3.21. The molecule has 34 heavy (non-hydrogen) atoms. The van der Waals surface area contributed by atoms with Crippen molar-refractivity contribution in [1.82, 2.24) is 4.98 Å². The van der Waals surface area contributed by atoms with Gasteiger partial charge < -0.3 is 4.74 Å². The minimum atomic E-state index is -0.436. The zero-order chi connectivity index (χ0) is 23.7. The van der Waals surface area contributed by atoms with Crippen LogP contribution >= 0.6 is 23.2 Å². The van der Waals surface area contributed by atoms with Crippen LogP contribution < -0.4 is 0 Å². The monoisotopic (exact) mass is 491 g/mol. The maximum absolute atomic E-state index is 13.4. The van der Waals surface area contributed by atoms with Crippen molar-refractivity contribution in [3.8, 4) is 0 Å². The van der Waals surface area contributed by atoms with Gasteiger partial charge in [-0.3, -0.25) is 0 Å². The highest BCUT2D eigenvalue weighted by Gasteiger charge is 2.26. The van der Waals surface area contributed by atoms with Crippen LogP contribution in [-0.4, -0.2) is 11.0 Å². The van der Waals surface area contributed by atoms with Gasteiger partial charge in [-0.2, -0.15) is 0 Å². The lowest BCUT2D eigenvalue weighted by molar-refractivity contribution is 0.0474. The Labute approximate surface area is 206 Å². The highest BCUT2D eigenvalue weighted by molar-refractivity contribution is 6.36. The van der Waals surface area contributed by atoms with E-state index in [0.29, 0.717) is 27.6 Å². The summed E-state index contributed by atoms with van der Waals surface area (Å²) >= 11 is 12.5. The first-order valence-corrected chi connectivity index (χ1v) is 11.7. The molecule has 3 nitrogen and oxygen atoms in total. The first kappa shape index (κ1) is 22.6. The van der Waals surface area contributed by atoms with Gasteiger partial charge in [0.15, 0.2) is 0 Å². The van der Waals surface area contributed by atoms with Gasteiger partial charge in [0, 0.05) is 21.0 Å². The molecule has 6 heteroatoms. The summed E-state index contributed by atoms with van der Waals surface area (Å²) in [5.41, 5.74) is 5.37. The molecule has 0 fully saturated rings. The molecule has 1 heterocycles. The quantitative estimate of drug-likeness (QED) is 0.272. The maximum Gasteiger partial charge on any atom is 0.339 e. The topological polar surface area (TPSA) is 39.2 Å². The highest BCUT2D eigenvalue weighted by atomic mass is 35.5. The Morgan fingerprint density at radius 1 is 0.971 bits per heavy atom. The second-order valence-corrected chi connectivity index (χ2v) is 9.00. The summed E-state index contributed by atoms with van der Waals surface area (Å²) < 4.78 is 19.1. The van der Waals surface area contributed by atoms with Gasteiger partial charge in [0.1, 0.15) is 12.4 Å². The zero-order valence-electron chi connectivity index (χ0n) is 18.2. The summed E-state index contributed by atoms with van der Waals surface area (Å²) in [4.78, 5) is 18.3. The number of allylic oxidation sites excluding steroid dienone is 1. The van der Waals surface area contributed by atoms with Crippen molar-refractivity contribution >= 4 is 51.7 Å². The van der Waals surface area contributed by atoms with Crippen LogP contribution in [0.5, 0.6) is 0 Å². The van der Waals surface area contributed by atoms with Gasteiger partial charge in [-0.15, -0.1) is 0 Å². The van der Waals surface area contributed by atoms with Crippen molar-refractivity contribution in [3.05, 3.63) is 111 Å². The number of carbonyl (C=O) groups is 1. The number of carbonyl (C=O) groups excluding carboxylic acids is 1. The summed E-state index contributed by atoms with van der Waals surface area (Å²) in [7, 11) is 0. The first-order valence-electron chi connectivity index (χ1n) is 11.0. The Morgan fingerprint density at radius 3 is 2.47 bits per heavy atom. The van der Waals surface area contributed by atoms with E-state index in [1.807, 2.05) is 30.3 Å². The number of halogens is 3. The molecule has 0 atom stereocenters. The Balaban J connectivity index is 1.58. The third kappa shape index (κ3) is 4.44. The van der Waals surface area contributed by atoms with Gasteiger partial charge in [0.2, 0.25) is 0 Å². The molecule has 0 unspecified atom stereocenters. The maximum atomic E-state index is 13.4. The SMILES string of the molecule is O=C(OCc1c(Cl)cccc1Cl)c1c2c(nc3ccccc13)C(=Cc1ccc(F)cc1)CCC2. The number of rotatable bonds is 4. The van der Waals surface area contributed by atoms with Crippen molar-refractivity contribution in [3.63, 3.8) is 0 Å². The Morgan fingerprint density at radius 2 is 1.71 bits per heavy atom. The normalized spacial score (nSPS) is 14.3. The number of ether oxygens (including phenoxy) is 1. The number of benzene rings is 3. The molecule has 0 amide bonds. The van der Waals surface area contributed by atoms with Gasteiger partial charge in [-0.05, 0) is 72.4 Å². The van der Waals surface area contributed by atoms with Crippen LogP contribution in [0.25, 0.3) is 22.6 Å². The largest absolute Gasteiger partial charge is 0.457 e. The van der Waals surface area contributed by atoms with Crippen LogP contribution in [0.1, 0.15) is 45.6 Å². The third-order valence-electron chi connectivity index (χ3n) is 5.99. The molecule has 170 valence electrons. The van der Waals surface area contributed by atoms with E-state index in [1.165, 1.54) is 12.1 Å². The number of nitrogens with zero attached hydrogens (tertiary/aromatic N) is 1. The molecule has 1 aromatic heterocycles. The number of pyridine rings is 1. The highest BCUT2D eigenvalue weighted by Crippen LogP contribution is 2.37. The molecule has 0 radical (unpaired) electrons. The molecule has 0 saturated heterocycles. The van der Waals surface area contributed by atoms with Gasteiger partial charge in [0.05, 0.1) is 16.8 Å². The summed E-state index contributed by atoms with van der Waals surface area (Å²) in [5.74, 6) is -0.715. The number of hydrogen-bond acceptors (Lipinski definition) is 3. The van der Waals surface area contributed by atoms with E-state index in [0.717, 1.165) is 46.1 Å². The van der Waals surface area contributed by atoms with E-state index in [-0.39, 0.29) is 12.4 Å². The molecule has 0 aliphatic heterocycles. The molecule has 0 spiro atoms. The zero-order valence-corrected chi connectivity index (χ0v) is 19.7.